The fourth-order valence-corrected chi connectivity index (χ4v) is 5.53. The van der Waals surface area contributed by atoms with Crippen molar-refractivity contribution < 1.29 is 19.5 Å². The van der Waals surface area contributed by atoms with Gasteiger partial charge in [0, 0.05) is 37.4 Å². The molecule has 0 fully saturated rings. The molecule has 0 aliphatic carbocycles. The molecule has 0 spiro atoms. The van der Waals surface area contributed by atoms with E-state index in [1.165, 1.54) is 21.1 Å². The summed E-state index contributed by atoms with van der Waals surface area (Å²) in [5.74, 6) is -0.392. The Labute approximate surface area is 178 Å². The summed E-state index contributed by atoms with van der Waals surface area (Å²) in [7, 11) is 1.62. The van der Waals surface area contributed by atoms with E-state index in [-0.39, 0.29) is 43.5 Å². The van der Waals surface area contributed by atoms with E-state index >= 15 is 0 Å². The third kappa shape index (κ3) is 3.39. The van der Waals surface area contributed by atoms with Gasteiger partial charge in [-0.15, -0.1) is 11.3 Å². The molecule has 10 heteroatoms. The number of β-amino-alcohol motifs (C(OH)–C–C–N with tert-alkyl or cyclic N) is 1. The summed E-state index contributed by atoms with van der Waals surface area (Å²) in [6, 6.07) is 1.44. The van der Waals surface area contributed by atoms with Crippen molar-refractivity contribution in [2.45, 2.75) is 32.4 Å². The highest BCUT2D eigenvalue weighted by atomic mass is 32.1. The van der Waals surface area contributed by atoms with Crippen LogP contribution in [0.15, 0.2) is 18.5 Å². The Morgan fingerprint density at radius 2 is 2.13 bits per heavy atom. The summed E-state index contributed by atoms with van der Waals surface area (Å²) < 4.78 is 1.68. The molecule has 0 bridgehead atoms. The van der Waals surface area contributed by atoms with Crippen LogP contribution in [0, 0.1) is 0 Å². The van der Waals surface area contributed by atoms with Gasteiger partial charge in [0.2, 0.25) is 11.8 Å². The number of hydrogen-bond acceptors (Lipinski definition) is 6. The second kappa shape index (κ2) is 8.19. The van der Waals surface area contributed by atoms with Crippen LogP contribution < -0.4 is 4.90 Å². The molecule has 160 valence electrons. The van der Waals surface area contributed by atoms with Crippen molar-refractivity contribution in [3.8, 4) is 0 Å². The first-order chi connectivity index (χ1) is 14.5. The van der Waals surface area contributed by atoms with E-state index in [1.807, 2.05) is 6.92 Å². The first-order valence-electron chi connectivity index (χ1n) is 10.0. The van der Waals surface area contributed by atoms with Crippen molar-refractivity contribution in [2.24, 2.45) is 0 Å². The molecular weight excluding hydrogens is 406 g/mol. The average Bonchev–Trinajstić information content (AvgIpc) is 3.37. The van der Waals surface area contributed by atoms with Crippen molar-refractivity contribution in [1.29, 1.82) is 0 Å². The zero-order valence-electron chi connectivity index (χ0n) is 17.1. The van der Waals surface area contributed by atoms with Gasteiger partial charge in [0.05, 0.1) is 18.7 Å². The zero-order chi connectivity index (χ0) is 21.4. The van der Waals surface area contributed by atoms with Crippen LogP contribution in [0.1, 0.15) is 40.2 Å². The van der Waals surface area contributed by atoms with E-state index in [0.29, 0.717) is 36.5 Å². The number of nitrogens with zero attached hydrogens (tertiary/aromatic N) is 5. The SMILES string of the molecule is CCC(C(=O)N1CCc2c(sc3c2C(=O)N(C)CC(=O)N3CCO)C1)n1cccn1. The topological polar surface area (TPSA) is 99.0 Å². The monoisotopic (exact) mass is 431 g/mol. The molecule has 1 N–H and O–H groups in total. The maximum atomic E-state index is 13.2. The molecule has 1 unspecified atom stereocenters. The summed E-state index contributed by atoms with van der Waals surface area (Å²) in [5.41, 5.74) is 1.46. The summed E-state index contributed by atoms with van der Waals surface area (Å²) in [5, 5.41) is 14.2. The third-order valence-electron chi connectivity index (χ3n) is 5.67. The van der Waals surface area contributed by atoms with Crippen LogP contribution in [0.2, 0.25) is 0 Å². The minimum absolute atomic E-state index is 0.00202. The molecule has 0 radical (unpaired) electrons. The Hall–Kier alpha value is -2.72. The standard InChI is InChI=1S/C20H25N5O4S/c1-3-14(25-7-4-6-21-25)18(28)23-8-5-13-15(11-23)30-20-17(13)19(29)22(2)12-16(27)24(20)9-10-26/h4,6-7,14,26H,3,5,8-12H2,1-2H3. The first kappa shape index (κ1) is 20.5. The number of thiophene rings is 1. The van der Waals surface area contributed by atoms with E-state index in [9.17, 15) is 19.5 Å². The molecule has 0 saturated heterocycles. The number of aromatic nitrogens is 2. The Balaban J connectivity index is 1.66. The van der Waals surface area contributed by atoms with Crippen molar-refractivity contribution in [1.82, 2.24) is 19.6 Å². The summed E-state index contributed by atoms with van der Waals surface area (Å²) in [6.07, 6.45) is 4.65. The fraction of sp³-hybridized carbons (Fsp3) is 0.500. The number of fused-ring (bicyclic) bond motifs is 3. The van der Waals surface area contributed by atoms with Gasteiger partial charge in [-0.3, -0.25) is 24.0 Å². The van der Waals surface area contributed by atoms with Gasteiger partial charge in [0.1, 0.15) is 17.6 Å². The molecule has 30 heavy (non-hydrogen) atoms. The molecule has 4 heterocycles. The fourth-order valence-electron chi connectivity index (χ4n) is 4.13. The maximum absolute atomic E-state index is 13.2. The lowest BCUT2D eigenvalue weighted by Crippen LogP contribution is -2.41. The van der Waals surface area contributed by atoms with Gasteiger partial charge in [-0.1, -0.05) is 6.92 Å². The number of carbonyl (C=O) groups excluding carboxylic acids is 3. The number of carbonyl (C=O) groups is 3. The van der Waals surface area contributed by atoms with E-state index in [1.54, 1.807) is 35.1 Å². The van der Waals surface area contributed by atoms with Gasteiger partial charge >= 0.3 is 0 Å². The van der Waals surface area contributed by atoms with Crippen LogP contribution in [0.5, 0.6) is 0 Å². The lowest BCUT2D eigenvalue weighted by molar-refractivity contribution is -0.136. The van der Waals surface area contributed by atoms with Gasteiger partial charge in [-0.2, -0.15) is 5.10 Å². The van der Waals surface area contributed by atoms with Crippen LogP contribution in [-0.4, -0.2) is 75.7 Å². The Kier molecular flexibility index (Phi) is 5.61. The van der Waals surface area contributed by atoms with Crippen LogP contribution in [-0.2, 0) is 22.6 Å². The molecule has 9 nitrogen and oxygen atoms in total. The molecule has 0 saturated carbocycles. The average molecular weight is 432 g/mol. The van der Waals surface area contributed by atoms with Gasteiger partial charge < -0.3 is 14.9 Å². The number of aliphatic hydroxyl groups is 1. The van der Waals surface area contributed by atoms with E-state index in [0.717, 1.165) is 10.4 Å². The number of aliphatic hydroxyl groups excluding tert-OH is 1. The summed E-state index contributed by atoms with van der Waals surface area (Å²) >= 11 is 1.38. The van der Waals surface area contributed by atoms with Crippen LogP contribution in [0.4, 0.5) is 5.00 Å². The highest BCUT2D eigenvalue weighted by Crippen LogP contribution is 2.41. The number of rotatable bonds is 5. The summed E-state index contributed by atoms with van der Waals surface area (Å²) in [4.78, 5) is 44.4. The van der Waals surface area contributed by atoms with Gasteiger partial charge in [-0.05, 0) is 24.5 Å². The Morgan fingerprint density at radius 1 is 1.33 bits per heavy atom. The highest BCUT2D eigenvalue weighted by Gasteiger charge is 2.38. The smallest absolute Gasteiger partial charge is 0.257 e. The molecule has 4 rings (SSSR count). The van der Waals surface area contributed by atoms with E-state index in [2.05, 4.69) is 5.10 Å². The van der Waals surface area contributed by atoms with E-state index < -0.39 is 0 Å². The van der Waals surface area contributed by atoms with Crippen LogP contribution >= 0.6 is 11.3 Å². The number of likely N-dealkylation sites (N-methyl/N-ethyl adjacent to an activating group) is 1. The lowest BCUT2D eigenvalue weighted by Gasteiger charge is -2.30. The molecule has 2 aliphatic heterocycles. The van der Waals surface area contributed by atoms with Gasteiger partial charge in [-0.25, -0.2) is 0 Å². The molecular formula is C20H25N5O4S. The van der Waals surface area contributed by atoms with E-state index in [4.69, 9.17) is 0 Å². The van der Waals surface area contributed by atoms with Gasteiger partial charge in [0.15, 0.2) is 0 Å². The molecule has 2 aromatic heterocycles. The molecule has 2 aliphatic rings. The Morgan fingerprint density at radius 3 is 2.80 bits per heavy atom. The molecule has 3 amide bonds. The first-order valence-corrected chi connectivity index (χ1v) is 10.9. The molecule has 2 aromatic rings. The molecule has 0 aromatic carbocycles. The maximum Gasteiger partial charge on any atom is 0.257 e. The third-order valence-corrected chi connectivity index (χ3v) is 6.91. The molecule has 1 atom stereocenters. The van der Waals surface area contributed by atoms with Crippen molar-refractivity contribution in [3.05, 3.63) is 34.5 Å². The zero-order valence-corrected chi connectivity index (χ0v) is 17.9. The lowest BCUT2D eigenvalue weighted by atomic mass is 10.0. The highest BCUT2D eigenvalue weighted by molar-refractivity contribution is 7.17. The number of hydrogen-bond donors (Lipinski definition) is 1. The second-order valence-electron chi connectivity index (χ2n) is 7.53. The number of amides is 3. The van der Waals surface area contributed by atoms with Gasteiger partial charge in [0.25, 0.3) is 5.91 Å². The second-order valence-corrected chi connectivity index (χ2v) is 8.62. The van der Waals surface area contributed by atoms with Crippen LogP contribution in [0.25, 0.3) is 0 Å². The Bertz CT molecular complexity index is 970. The van der Waals surface area contributed by atoms with Crippen molar-refractivity contribution >= 4 is 34.1 Å². The minimum Gasteiger partial charge on any atom is -0.395 e. The van der Waals surface area contributed by atoms with Crippen LogP contribution in [0.3, 0.4) is 0 Å². The normalized spacial score (nSPS) is 17.6. The predicted octanol–water partition coefficient (Wildman–Crippen LogP) is 0.891. The summed E-state index contributed by atoms with van der Waals surface area (Å²) in [6.45, 7) is 2.82. The van der Waals surface area contributed by atoms with Crippen molar-refractivity contribution in [3.63, 3.8) is 0 Å². The minimum atomic E-state index is -0.362. The predicted molar refractivity (Wildman–Crippen MR) is 111 cm³/mol. The van der Waals surface area contributed by atoms with Crippen molar-refractivity contribution in [2.75, 3.05) is 38.2 Å². The quantitative estimate of drug-likeness (QED) is 0.758. The number of anilines is 1. The largest absolute Gasteiger partial charge is 0.395 e.